The first kappa shape index (κ1) is 15.1. The zero-order chi connectivity index (χ0) is 15.4. The molecule has 1 fully saturated rings. The molecule has 114 valence electrons. The summed E-state index contributed by atoms with van der Waals surface area (Å²) in [7, 11) is 1.52. The number of nitrogens with two attached hydrogens (primary N) is 1. The fourth-order valence-corrected chi connectivity index (χ4v) is 2.25. The van der Waals surface area contributed by atoms with Crippen molar-refractivity contribution in [3.8, 4) is 5.75 Å². The van der Waals surface area contributed by atoms with E-state index in [0.29, 0.717) is 30.2 Å². The second-order valence-electron chi connectivity index (χ2n) is 4.80. The fraction of sp³-hybridized carbons (Fsp3) is 0.429. The number of nitrogen functional groups attached to an aromatic ring is 1. The van der Waals surface area contributed by atoms with E-state index in [-0.39, 0.29) is 18.9 Å². The third-order valence-electron chi connectivity index (χ3n) is 3.32. The number of carboxylic acids is 1. The van der Waals surface area contributed by atoms with Gasteiger partial charge in [0.15, 0.2) is 0 Å². The number of carbonyl (C=O) groups excluding carboxylic acids is 1. The summed E-state index contributed by atoms with van der Waals surface area (Å²) in [6.07, 6.45) is -0.610. The summed E-state index contributed by atoms with van der Waals surface area (Å²) in [5, 5.41) is 8.79. The normalized spacial score (nSPS) is 18.3. The monoisotopic (exact) mass is 294 g/mol. The maximum atomic E-state index is 12.5. The maximum Gasteiger partial charge on any atom is 0.306 e. The van der Waals surface area contributed by atoms with Crippen molar-refractivity contribution in [1.29, 1.82) is 0 Å². The van der Waals surface area contributed by atoms with Gasteiger partial charge in [-0.3, -0.25) is 9.59 Å². The van der Waals surface area contributed by atoms with Crippen molar-refractivity contribution in [2.45, 2.75) is 12.5 Å². The number of benzene rings is 1. The van der Waals surface area contributed by atoms with Gasteiger partial charge in [0.2, 0.25) is 0 Å². The van der Waals surface area contributed by atoms with Crippen LogP contribution in [0.25, 0.3) is 0 Å². The molecule has 1 aromatic rings. The summed E-state index contributed by atoms with van der Waals surface area (Å²) in [6, 6.07) is 4.86. The van der Waals surface area contributed by atoms with Crippen LogP contribution in [0.5, 0.6) is 5.75 Å². The smallest absolute Gasteiger partial charge is 0.306 e. The second kappa shape index (κ2) is 6.45. The van der Waals surface area contributed by atoms with Crippen molar-refractivity contribution in [3.05, 3.63) is 23.8 Å². The average molecular weight is 294 g/mol. The number of ether oxygens (including phenoxy) is 2. The molecule has 0 bridgehead atoms. The Morgan fingerprint density at radius 1 is 1.52 bits per heavy atom. The number of rotatable bonds is 4. The Hall–Kier alpha value is -2.28. The van der Waals surface area contributed by atoms with Gasteiger partial charge in [0.05, 0.1) is 31.8 Å². The van der Waals surface area contributed by atoms with E-state index in [0.717, 1.165) is 0 Å². The SMILES string of the molecule is COc1ccc(C(=O)N2CCOC(CC(=O)O)C2)c(N)c1. The van der Waals surface area contributed by atoms with Crippen LogP contribution in [0.3, 0.4) is 0 Å². The summed E-state index contributed by atoms with van der Waals surface area (Å²) in [5.74, 6) is -0.595. The van der Waals surface area contributed by atoms with Crippen LogP contribution in [0.4, 0.5) is 5.69 Å². The summed E-state index contributed by atoms with van der Waals surface area (Å²) in [6.45, 7) is 0.983. The Labute approximate surface area is 122 Å². The minimum Gasteiger partial charge on any atom is -0.497 e. The van der Waals surface area contributed by atoms with E-state index < -0.39 is 12.1 Å². The number of hydrogen-bond acceptors (Lipinski definition) is 5. The molecule has 1 aliphatic heterocycles. The number of carboxylic acid groups (broad SMARTS) is 1. The fourth-order valence-electron chi connectivity index (χ4n) is 2.25. The molecule has 1 atom stereocenters. The van der Waals surface area contributed by atoms with E-state index in [4.69, 9.17) is 20.3 Å². The molecule has 0 aromatic heterocycles. The van der Waals surface area contributed by atoms with Crippen LogP contribution in [-0.2, 0) is 9.53 Å². The molecular weight excluding hydrogens is 276 g/mol. The highest BCUT2D eigenvalue weighted by molar-refractivity contribution is 5.99. The molecule has 0 saturated carbocycles. The highest BCUT2D eigenvalue weighted by atomic mass is 16.5. The van der Waals surface area contributed by atoms with Gasteiger partial charge < -0.3 is 25.2 Å². The molecule has 0 spiro atoms. The Balaban J connectivity index is 2.10. The predicted octanol–water partition coefficient (Wildman–Crippen LogP) is 0.593. The average Bonchev–Trinajstić information content (AvgIpc) is 2.46. The van der Waals surface area contributed by atoms with E-state index >= 15 is 0 Å². The minimum atomic E-state index is -0.946. The molecule has 0 aliphatic carbocycles. The maximum absolute atomic E-state index is 12.5. The van der Waals surface area contributed by atoms with Gasteiger partial charge in [0.25, 0.3) is 5.91 Å². The Kier molecular flexibility index (Phi) is 4.64. The van der Waals surface area contributed by atoms with Gasteiger partial charge in [-0.15, -0.1) is 0 Å². The Bertz CT molecular complexity index is 546. The lowest BCUT2D eigenvalue weighted by atomic mass is 10.1. The van der Waals surface area contributed by atoms with E-state index in [1.165, 1.54) is 7.11 Å². The molecule has 21 heavy (non-hydrogen) atoms. The number of hydrogen-bond donors (Lipinski definition) is 2. The van der Waals surface area contributed by atoms with Crippen molar-refractivity contribution in [2.24, 2.45) is 0 Å². The third kappa shape index (κ3) is 3.63. The van der Waals surface area contributed by atoms with Gasteiger partial charge in [-0.2, -0.15) is 0 Å². The van der Waals surface area contributed by atoms with Crippen LogP contribution in [0.15, 0.2) is 18.2 Å². The third-order valence-corrected chi connectivity index (χ3v) is 3.32. The molecule has 0 radical (unpaired) electrons. The van der Waals surface area contributed by atoms with Crippen molar-refractivity contribution in [2.75, 3.05) is 32.5 Å². The topological polar surface area (TPSA) is 102 Å². The van der Waals surface area contributed by atoms with Gasteiger partial charge >= 0.3 is 5.97 Å². The van der Waals surface area contributed by atoms with Crippen molar-refractivity contribution < 1.29 is 24.2 Å². The van der Waals surface area contributed by atoms with Crippen LogP contribution >= 0.6 is 0 Å². The van der Waals surface area contributed by atoms with Gasteiger partial charge in [-0.05, 0) is 12.1 Å². The van der Waals surface area contributed by atoms with Crippen LogP contribution in [0, 0.1) is 0 Å². The molecular formula is C14H18N2O5. The van der Waals surface area contributed by atoms with Gasteiger partial charge in [0.1, 0.15) is 5.75 Å². The highest BCUT2D eigenvalue weighted by Gasteiger charge is 2.27. The van der Waals surface area contributed by atoms with E-state index in [9.17, 15) is 9.59 Å². The number of aliphatic carboxylic acids is 1. The first-order valence-electron chi connectivity index (χ1n) is 6.57. The second-order valence-corrected chi connectivity index (χ2v) is 4.80. The quantitative estimate of drug-likeness (QED) is 0.788. The summed E-state index contributed by atoms with van der Waals surface area (Å²) in [4.78, 5) is 24.7. The van der Waals surface area contributed by atoms with Crippen molar-refractivity contribution >= 4 is 17.6 Å². The zero-order valence-electron chi connectivity index (χ0n) is 11.7. The van der Waals surface area contributed by atoms with E-state index in [2.05, 4.69) is 0 Å². The molecule has 3 N–H and O–H groups in total. The first-order chi connectivity index (χ1) is 10.0. The minimum absolute atomic E-state index is 0.123. The number of amides is 1. The molecule has 1 amide bonds. The zero-order valence-corrected chi connectivity index (χ0v) is 11.7. The van der Waals surface area contributed by atoms with Gasteiger partial charge in [0, 0.05) is 24.8 Å². The number of anilines is 1. The van der Waals surface area contributed by atoms with Crippen LogP contribution < -0.4 is 10.5 Å². The number of nitrogens with zero attached hydrogens (tertiary/aromatic N) is 1. The summed E-state index contributed by atoms with van der Waals surface area (Å²) < 4.78 is 10.4. The van der Waals surface area contributed by atoms with Gasteiger partial charge in [-0.1, -0.05) is 0 Å². The van der Waals surface area contributed by atoms with E-state index in [1.54, 1.807) is 23.1 Å². The highest BCUT2D eigenvalue weighted by Crippen LogP contribution is 2.22. The molecule has 1 unspecified atom stereocenters. The summed E-state index contributed by atoms with van der Waals surface area (Å²) >= 11 is 0. The van der Waals surface area contributed by atoms with Crippen LogP contribution in [-0.4, -0.2) is 54.8 Å². The number of carbonyl (C=O) groups is 2. The number of methoxy groups -OCH3 is 1. The molecule has 1 aromatic carbocycles. The largest absolute Gasteiger partial charge is 0.497 e. The Morgan fingerprint density at radius 2 is 2.29 bits per heavy atom. The lowest BCUT2D eigenvalue weighted by molar-refractivity contribution is -0.141. The molecule has 1 saturated heterocycles. The van der Waals surface area contributed by atoms with Gasteiger partial charge in [-0.25, -0.2) is 0 Å². The molecule has 7 nitrogen and oxygen atoms in total. The molecule has 1 heterocycles. The molecule has 2 rings (SSSR count). The number of morpholine rings is 1. The van der Waals surface area contributed by atoms with Crippen molar-refractivity contribution in [1.82, 2.24) is 4.90 Å². The lowest BCUT2D eigenvalue weighted by Gasteiger charge is -2.32. The predicted molar refractivity (Wildman–Crippen MR) is 75.3 cm³/mol. The van der Waals surface area contributed by atoms with E-state index in [1.807, 2.05) is 0 Å². The van der Waals surface area contributed by atoms with Crippen LogP contribution in [0.2, 0.25) is 0 Å². The molecule has 1 aliphatic rings. The summed E-state index contributed by atoms with van der Waals surface area (Å²) in [5.41, 5.74) is 6.58. The first-order valence-corrected chi connectivity index (χ1v) is 6.57. The standard InChI is InChI=1S/C14H18N2O5/c1-20-9-2-3-11(12(15)6-9)14(19)16-4-5-21-10(8-16)7-13(17)18/h2-3,6,10H,4-5,7-8,15H2,1H3,(H,17,18). The van der Waals surface area contributed by atoms with Crippen molar-refractivity contribution in [3.63, 3.8) is 0 Å². The Morgan fingerprint density at radius 3 is 2.90 bits per heavy atom. The molecule has 7 heteroatoms. The lowest BCUT2D eigenvalue weighted by Crippen LogP contribution is -2.46. The van der Waals surface area contributed by atoms with Crippen LogP contribution in [0.1, 0.15) is 16.8 Å².